The van der Waals surface area contributed by atoms with Gasteiger partial charge in [0.15, 0.2) is 0 Å². The molecule has 0 aliphatic heterocycles. The largest absolute Gasteiger partial charge is 0.343 e. The minimum absolute atomic E-state index is 0.214. The molecule has 3 nitrogen and oxygen atoms in total. The third-order valence-corrected chi connectivity index (χ3v) is 3.99. The Morgan fingerprint density at radius 3 is 2.44 bits per heavy atom. The zero-order valence-corrected chi connectivity index (χ0v) is 12.0. The van der Waals surface area contributed by atoms with E-state index >= 15 is 0 Å². The number of rotatable bonds is 5. The number of nitriles is 1. The van der Waals surface area contributed by atoms with Gasteiger partial charge in [-0.15, -0.1) is 0 Å². The van der Waals surface area contributed by atoms with Crippen LogP contribution in [0.2, 0.25) is 0 Å². The molecule has 0 aromatic rings. The Hall–Kier alpha value is -1.04. The first-order valence-electron chi connectivity index (χ1n) is 7.19. The van der Waals surface area contributed by atoms with Crippen LogP contribution in [0.25, 0.3) is 0 Å². The summed E-state index contributed by atoms with van der Waals surface area (Å²) in [4.78, 5) is 14.0. The molecule has 0 N–H and O–H groups in total. The maximum absolute atomic E-state index is 12.0. The zero-order valence-electron chi connectivity index (χ0n) is 12.0. The first kappa shape index (κ1) is 15.0. The molecule has 0 heterocycles. The zero-order chi connectivity index (χ0) is 13.5. The minimum Gasteiger partial charge on any atom is -0.343 e. The van der Waals surface area contributed by atoms with Gasteiger partial charge in [0.1, 0.15) is 0 Å². The molecule has 0 radical (unpaired) electrons. The van der Waals surface area contributed by atoms with Crippen molar-refractivity contribution in [3.05, 3.63) is 0 Å². The molecule has 0 atom stereocenters. The molecule has 0 saturated heterocycles. The fourth-order valence-corrected chi connectivity index (χ4v) is 2.63. The first-order chi connectivity index (χ1) is 8.54. The van der Waals surface area contributed by atoms with Gasteiger partial charge in [0.25, 0.3) is 0 Å². The molecular formula is C15H26N2O. The number of hydrogen-bond donors (Lipinski definition) is 0. The van der Waals surface area contributed by atoms with E-state index in [0.29, 0.717) is 18.4 Å². The van der Waals surface area contributed by atoms with Gasteiger partial charge >= 0.3 is 0 Å². The maximum atomic E-state index is 12.0. The van der Waals surface area contributed by atoms with E-state index in [4.69, 9.17) is 5.26 Å². The highest BCUT2D eigenvalue weighted by atomic mass is 16.2. The molecule has 1 fully saturated rings. The summed E-state index contributed by atoms with van der Waals surface area (Å²) in [5.41, 5.74) is 0. The van der Waals surface area contributed by atoms with Gasteiger partial charge in [-0.3, -0.25) is 4.79 Å². The molecule has 0 aromatic heterocycles. The molecule has 1 aliphatic carbocycles. The van der Waals surface area contributed by atoms with Gasteiger partial charge in [-0.2, -0.15) is 5.26 Å². The summed E-state index contributed by atoms with van der Waals surface area (Å²) in [6.07, 6.45) is 6.67. The molecule has 3 heteroatoms. The van der Waals surface area contributed by atoms with Gasteiger partial charge in [-0.25, -0.2) is 0 Å². The van der Waals surface area contributed by atoms with E-state index in [1.165, 1.54) is 0 Å². The van der Waals surface area contributed by atoms with Crippen LogP contribution in [-0.4, -0.2) is 23.9 Å². The van der Waals surface area contributed by atoms with Crippen molar-refractivity contribution in [1.29, 1.82) is 5.26 Å². The molecule has 1 saturated carbocycles. The molecule has 0 aromatic carbocycles. The lowest BCUT2D eigenvalue weighted by atomic mass is 9.86. The summed E-state index contributed by atoms with van der Waals surface area (Å²) in [7, 11) is 1.93. The monoisotopic (exact) mass is 250 g/mol. The van der Waals surface area contributed by atoms with E-state index in [1.54, 1.807) is 0 Å². The molecule has 1 rings (SSSR count). The average molecular weight is 250 g/mol. The second kappa shape index (κ2) is 7.41. The quantitative estimate of drug-likeness (QED) is 0.751. The molecule has 102 valence electrons. The fraction of sp³-hybridized carbons (Fsp3) is 0.867. The Labute approximate surface area is 111 Å². The van der Waals surface area contributed by atoms with Crippen LogP contribution in [0.4, 0.5) is 0 Å². The SMILES string of the molecule is CC(C)CCCC(=O)N(C)C1CCC(C#N)CC1. The van der Waals surface area contributed by atoms with E-state index < -0.39 is 0 Å². The number of amides is 1. The van der Waals surface area contributed by atoms with Gasteiger partial charge in [-0.1, -0.05) is 20.3 Å². The first-order valence-corrected chi connectivity index (χ1v) is 7.19. The maximum Gasteiger partial charge on any atom is 0.222 e. The molecular weight excluding hydrogens is 224 g/mol. The van der Waals surface area contributed by atoms with Crippen LogP contribution in [-0.2, 0) is 4.79 Å². The minimum atomic E-state index is 0.214. The Morgan fingerprint density at radius 2 is 1.94 bits per heavy atom. The van der Waals surface area contributed by atoms with Gasteiger partial charge < -0.3 is 4.90 Å². The Bertz CT molecular complexity index is 298. The van der Waals surface area contributed by atoms with Crippen LogP contribution in [0, 0.1) is 23.2 Å². The van der Waals surface area contributed by atoms with Crippen molar-refractivity contribution < 1.29 is 4.79 Å². The van der Waals surface area contributed by atoms with Crippen molar-refractivity contribution in [3.63, 3.8) is 0 Å². The Morgan fingerprint density at radius 1 is 1.33 bits per heavy atom. The van der Waals surface area contributed by atoms with E-state index in [1.807, 2.05) is 11.9 Å². The fourth-order valence-electron chi connectivity index (χ4n) is 2.63. The van der Waals surface area contributed by atoms with Crippen molar-refractivity contribution in [2.45, 2.75) is 64.8 Å². The van der Waals surface area contributed by atoms with Crippen LogP contribution in [0.3, 0.4) is 0 Å². The highest BCUT2D eigenvalue weighted by Crippen LogP contribution is 2.26. The van der Waals surface area contributed by atoms with E-state index in [9.17, 15) is 4.79 Å². The number of nitrogens with zero attached hydrogens (tertiary/aromatic N) is 2. The number of carbonyl (C=O) groups excluding carboxylic acids is 1. The van der Waals surface area contributed by atoms with Crippen LogP contribution in [0.15, 0.2) is 0 Å². The Balaban J connectivity index is 2.29. The van der Waals surface area contributed by atoms with Crippen molar-refractivity contribution in [2.75, 3.05) is 7.05 Å². The average Bonchev–Trinajstić information content (AvgIpc) is 2.37. The predicted octanol–water partition coefficient (Wildman–Crippen LogP) is 3.35. The lowest BCUT2D eigenvalue weighted by molar-refractivity contribution is -0.132. The van der Waals surface area contributed by atoms with Crippen molar-refractivity contribution in [1.82, 2.24) is 4.90 Å². The predicted molar refractivity (Wildman–Crippen MR) is 72.8 cm³/mol. The Kier molecular flexibility index (Phi) is 6.18. The summed E-state index contributed by atoms with van der Waals surface area (Å²) < 4.78 is 0. The molecule has 0 unspecified atom stereocenters. The molecule has 0 bridgehead atoms. The molecule has 1 aliphatic rings. The summed E-state index contributed by atoms with van der Waals surface area (Å²) in [5, 5.41) is 8.86. The highest BCUT2D eigenvalue weighted by molar-refractivity contribution is 5.76. The summed E-state index contributed by atoms with van der Waals surface area (Å²) in [6.45, 7) is 4.38. The van der Waals surface area contributed by atoms with Crippen LogP contribution >= 0.6 is 0 Å². The van der Waals surface area contributed by atoms with Crippen molar-refractivity contribution in [3.8, 4) is 6.07 Å². The molecule has 1 amide bonds. The summed E-state index contributed by atoms with van der Waals surface area (Å²) >= 11 is 0. The van der Waals surface area contributed by atoms with Crippen LogP contribution < -0.4 is 0 Å². The lowest BCUT2D eigenvalue weighted by Gasteiger charge is -2.33. The van der Waals surface area contributed by atoms with Crippen LogP contribution in [0.5, 0.6) is 0 Å². The highest BCUT2D eigenvalue weighted by Gasteiger charge is 2.25. The molecule has 0 spiro atoms. The van der Waals surface area contributed by atoms with E-state index in [2.05, 4.69) is 19.9 Å². The van der Waals surface area contributed by atoms with Gasteiger partial charge in [-0.05, 0) is 38.0 Å². The van der Waals surface area contributed by atoms with Crippen LogP contribution in [0.1, 0.15) is 58.8 Å². The third-order valence-electron chi connectivity index (χ3n) is 3.99. The van der Waals surface area contributed by atoms with Gasteiger partial charge in [0, 0.05) is 25.4 Å². The number of carbonyl (C=O) groups is 1. The normalized spacial score (nSPS) is 23.7. The van der Waals surface area contributed by atoms with Gasteiger partial charge in [0.2, 0.25) is 5.91 Å². The van der Waals surface area contributed by atoms with Crippen molar-refractivity contribution >= 4 is 5.91 Å². The summed E-state index contributed by atoms with van der Waals surface area (Å²) in [5.74, 6) is 1.16. The van der Waals surface area contributed by atoms with Crippen molar-refractivity contribution in [2.24, 2.45) is 11.8 Å². The third kappa shape index (κ3) is 4.68. The van der Waals surface area contributed by atoms with E-state index in [0.717, 1.165) is 38.5 Å². The lowest BCUT2D eigenvalue weighted by Crippen LogP contribution is -2.39. The smallest absolute Gasteiger partial charge is 0.222 e. The summed E-state index contributed by atoms with van der Waals surface area (Å²) in [6, 6.07) is 2.70. The topological polar surface area (TPSA) is 44.1 Å². The molecule has 18 heavy (non-hydrogen) atoms. The number of hydrogen-bond acceptors (Lipinski definition) is 2. The second-order valence-electron chi connectivity index (χ2n) is 5.93. The van der Waals surface area contributed by atoms with E-state index in [-0.39, 0.29) is 11.8 Å². The standard InChI is InChI=1S/C15H26N2O/c1-12(2)5-4-6-15(18)17(3)14-9-7-13(11-16)8-10-14/h12-14H,4-10H2,1-3H3. The van der Waals surface area contributed by atoms with Gasteiger partial charge in [0.05, 0.1) is 6.07 Å². The second-order valence-corrected chi connectivity index (χ2v) is 5.93.